The van der Waals surface area contributed by atoms with Gasteiger partial charge in [-0.25, -0.2) is 4.79 Å². The number of carbonyl (C=O) groups is 3. The molecular formula is C33H31NO5. The van der Waals surface area contributed by atoms with Gasteiger partial charge in [0.2, 0.25) is 5.91 Å². The van der Waals surface area contributed by atoms with Gasteiger partial charge in [0.25, 0.3) is 0 Å². The van der Waals surface area contributed by atoms with Gasteiger partial charge in [-0.15, -0.1) is 0 Å². The fourth-order valence-electron chi connectivity index (χ4n) is 4.19. The average molecular weight is 522 g/mol. The molecule has 4 rings (SSSR count). The van der Waals surface area contributed by atoms with Crippen molar-refractivity contribution in [2.45, 2.75) is 38.0 Å². The number of esters is 2. The molecule has 1 atom stereocenters. The Balaban J connectivity index is 1.47. The van der Waals surface area contributed by atoms with Crippen LogP contribution in [0.1, 0.15) is 41.0 Å². The second-order valence-electron chi connectivity index (χ2n) is 9.09. The van der Waals surface area contributed by atoms with Gasteiger partial charge in [-0.2, -0.15) is 0 Å². The maximum Gasteiger partial charge on any atom is 0.328 e. The monoisotopic (exact) mass is 521 g/mol. The van der Waals surface area contributed by atoms with Gasteiger partial charge in [0.15, 0.2) is 0 Å². The minimum absolute atomic E-state index is 0.0449. The van der Waals surface area contributed by atoms with E-state index in [9.17, 15) is 14.4 Å². The van der Waals surface area contributed by atoms with Crippen LogP contribution in [0.4, 0.5) is 0 Å². The number of rotatable bonds is 12. The van der Waals surface area contributed by atoms with E-state index in [-0.39, 0.29) is 32.0 Å². The van der Waals surface area contributed by atoms with Crippen molar-refractivity contribution >= 4 is 17.8 Å². The summed E-state index contributed by atoms with van der Waals surface area (Å²) in [6, 6.07) is 36.4. The molecule has 0 heterocycles. The number of carbonyl (C=O) groups excluding carboxylic acids is 3. The molecule has 0 aliphatic heterocycles. The van der Waals surface area contributed by atoms with Crippen molar-refractivity contribution < 1.29 is 23.9 Å². The van der Waals surface area contributed by atoms with Crippen molar-refractivity contribution in [3.05, 3.63) is 144 Å². The number of hydrogen-bond acceptors (Lipinski definition) is 5. The molecule has 0 spiro atoms. The van der Waals surface area contributed by atoms with Crippen molar-refractivity contribution in [3.8, 4) is 0 Å². The van der Waals surface area contributed by atoms with Gasteiger partial charge in [-0.3, -0.25) is 9.59 Å². The Hall–Kier alpha value is -4.71. The summed E-state index contributed by atoms with van der Waals surface area (Å²) >= 11 is 0. The van der Waals surface area contributed by atoms with Crippen LogP contribution in [-0.2, 0) is 37.1 Å². The maximum atomic E-state index is 13.7. The largest absolute Gasteiger partial charge is 0.461 e. The molecule has 1 unspecified atom stereocenters. The quantitative estimate of drug-likeness (QED) is 0.247. The van der Waals surface area contributed by atoms with Gasteiger partial charge < -0.3 is 14.8 Å². The van der Waals surface area contributed by atoms with Crippen molar-refractivity contribution in [2.75, 3.05) is 0 Å². The van der Waals surface area contributed by atoms with E-state index < -0.39 is 23.9 Å². The van der Waals surface area contributed by atoms with Crippen LogP contribution in [0, 0.1) is 0 Å². The molecule has 0 saturated heterocycles. The van der Waals surface area contributed by atoms with Gasteiger partial charge in [0, 0.05) is 6.42 Å². The van der Waals surface area contributed by atoms with Crippen LogP contribution >= 0.6 is 0 Å². The van der Waals surface area contributed by atoms with E-state index in [1.54, 1.807) is 0 Å². The molecule has 4 aromatic rings. The predicted molar refractivity (Wildman–Crippen MR) is 148 cm³/mol. The molecule has 0 fully saturated rings. The summed E-state index contributed by atoms with van der Waals surface area (Å²) < 4.78 is 10.9. The number of benzene rings is 4. The smallest absolute Gasteiger partial charge is 0.328 e. The van der Waals surface area contributed by atoms with Crippen LogP contribution < -0.4 is 5.32 Å². The minimum Gasteiger partial charge on any atom is -0.461 e. The first-order valence-electron chi connectivity index (χ1n) is 12.9. The van der Waals surface area contributed by atoms with Crippen molar-refractivity contribution in [1.29, 1.82) is 0 Å². The Morgan fingerprint density at radius 3 is 1.51 bits per heavy atom. The second-order valence-corrected chi connectivity index (χ2v) is 9.09. The van der Waals surface area contributed by atoms with Crippen molar-refractivity contribution in [1.82, 2.24) is 5.32 Å². The molecule has 0 saturated carbocycles. The molecule has 6 heteroatoms. The van der Waals surface area contributed by atoms with Gasteiger partial charge in [-0.05, 0) is 28.7 Å². The highest BCUT2D eigenvalue weighted by atomic mass is 16.5. The highest BCUT2D eigenvalue weighted by molar-refractivity contribution is 5.91. The summed E-state index contributed by atoms with van der Waals surface area (Å²) in [5.74, 6) is -2.06. The molecular weight excluding hydrogens is 490 g/mol. The summed E-state index contributed by atoms with van der Waals surface area (Å²) in [5.41, 5.74) is 3.27. The summed E-state index contributed by atoms with van der Waals surface area (Å²) in [6.07, 6.45) is -0.0111. The highest BCUT2D eigenvalue weighted by Gasteiger charge is 2.29. The summed E-state index contributed by atoms with van der Waals surface area (Å²) in [7, 11) is 0. The maximum absolute atomic E-state index is 13.7. The molecule has 198 valence electrons. The lowest BCUT2D eigenvalue weighted by Gasteiger charge is -2.22. The van der Waals surface area contributed by atoms with Crippen molar-refractivity contribution in [2.24, 2.45) is 0 Å². The lowest BCUT2D eigenvalue weighted by atomic mass is 9.90. The van der Waals surface area contributed by atoms with E-state index in [0.29, 0.717) is 0 Å². The molecule has 1 amide bonds. The van der Waals surface area contributed by atoms with Crippen LogP contribution in [0.25, 0.3) is 0 Å². The molecule has 39 heavy (non-hydrogen) atoms. The van der Waals surface area contributed by atoms with Crippen LogP contribution in [-0.4, -0.2) is 23.9 Å². The molecule has 0 aliphatic rings. The normalized spacial score (nSPS) is 11.4. The van der Waals surface area contributed by atoms with E-state index in [4.69, 9.17) is 9.47 Å². The topological polar surface area (TPSA) is 81.7 Å². The summed E-state index contributed by atoms with van der Waals surface area (Å²) in [6.45, 7) is 0.199. The van der Waals surface area contributed by atoms with Gasteiger partial charge in [0.1, 0.15) is 19.3 Å². The first-order valence-corrected chi connectivity index (χ1v) is 12.9. The molecule has 4 aromatic carbocycles. The fourth-order valence-corrected chi connectivity index (χ4v) is 4.19. The van der Waals surface area contributed by atoms with Gasteiger partial charge in [0.05, 0.1) is 5.92 Å². The van der Waals surface area contributed by atoms with E-state index in [1.807, 2.05) is 121 Å². The molecule has 6 nitrogen and oxygen atoms in total. The van der Waals surface area contributed by atoms with Crippen LogP contribution in [0.15, 0.2) is 121 Å². The number of nitrogens with one attached hydrogen (secondary N) is 1. The predicted octanol–water partition coefficient (Wildman–Crippen LogP) is 5.57. The highest BCUT2D eigenvalue weighted by Crippen LogP contribution is 2.25. The molecule has 1 N–H and O–H groups in total. The average Bonchev–Trinajstić information content (AvgIpc) is 2.99. The van der Waals surface area contributed by atoms with E-state index in [0.717, 1.165) is 22.3 Å². The number of amides is 1. The Bertz CT molecular complexity index is 1290. The third-order valence-electron chi connectivity index (χ3n) is 6.23. The Morgan fingerprint density at radius 1 is 0.590 bits per heavy atom. The second kappa shape index (κ2) is 14.3. The summed E-state index contributed by atoms with van der Waals surface area (Å²) in [4.78, 5) is 39.3. The Kier molecular flexibility index (Phi) is 10.0. The first kappa shape index (κ1) is 27.3. The number of ether oxygens (including phenoxy) is 2. The molecule has 0 aliphatic carbocycles. The third kappa shape index (κ3) is 8.40. The molecule has 0 bridgehead atoms. The van der Waals surface area contributed by atoms with Gasteiger partial charge >= 0.3 is 11.9 Å². The Labute approximate surface area is 228 Å². The zero-order chi connectivity index (χ0) is 27.3. The number of hydrogen-bond donors (Lipinski definition) is 1. The third-order valence-corrected chi connectivity index (χ3v) is 6.23. The standard InChI is InChI=1S/C33H31NO5/c35-30(38-23-25-13-5-1-6-14-25)22-21-29(33(37)39-24-26-15-7-2-8-16-26)34-32(36)31(27-17-9-3-10-18-27)28-19-11-4-12-20-28/h1-20,29,31H,21-24H2,(H,34,36). The van der Waals surface area contributed by atoms with Crippen molar-refractivity contribution in [3.63, 3.8) is 0 Å². The fraction of sp³-hybridized carbons (Fsp3) is 0.182. The lowest BCUT2D eigenvalue weighted by molar-refractivity contribution is -0.150. The first-order chi connectivity index (χ1) is 19.1. The van der Waals surface area contributed by atoms with Crippen LogP contribution in [0.2, 0.25) is 0 Å². The van der Waals surface area contributed by atoms with E-state index >= 15 is 0 Å². The zero-order valence-corrected chi connectivity index (χ0v) is 21.6. The van der Waals surface area contributed by atoms with Gasteiger partial charge in [-0.1, -0.05) is 121 Å². The minimum atomic E-state index is -1.03. The Morgan fingerprint density at radius 2 is 1.03 bits per heavy atom. The lowest BCUT2D eigenvalue weighted by Crippen LogP contribution is -2.44. The SMILES string of the molecule is O=C(CCC(NC(=O)C(c1ccccc1)c1ccccc1)C(=O)OCc1ccccc1)OCc1ccccc1. The van der Waals surface area contributed by atoms with Crippen LogP contribution in [0.3, 0.4) is 0 Å². The van der Waals surface area contributed by atoms with Crippen LogP contribution in [0.5, 0.6) is 0 Å². The van der Waals surface area contributed by atoms with E-state index in [2.05, 4.69) is 5.32 Å². The molecule has 0 aromatic heterocycles. The van der Waals surface area contributed by atoms with E-state index in [1.165, 1.54) is 0 Å². The summed E-state index contributed by atoms with van der Waals surface area (Å²) in [5, 5.41) is 2.86. The zero-order valence-electron chi connectivity index (χ0n) is 21.6. The molecule has 0 radical (unpaired) electrons.